The first kappa shape index (κ1) is 12.0. The average molecular weight is 292 g/mol. The van der Waals surface area contributed by atoms with Crippen LogP contribution in [0.5, 0.6) is 5.75 Å². The second kappa shape index (κ2) is 5.23. The van der Waals surface area contributed by atoms with Crippen molar-refractivity contribution < 1.29 is 4.74 Å². The molecule has 2 N–H and O–H groups in total. The van der Waals surface area contributed by atoms with Crippen LogP contribution in [0.4, 0.5) is 5.69 Å². The topological polar surface area (TPSA) is 35.2 Å². The van der Waals surface area contributed by atoms with Gasteiger partial charge in [0.25, 0.3) is 0 Å². The molecule has 0 heterocycles. The molecule has 2 rings (SSSR count). The molecule has 2 aromatic carbocycles. The molecule has 0 aliphatic rings. The summed E-state index contributed by atoms with van der Waals surface area (Å²) < 4.78 is 6.81. The van der Waals surface area contributed by atoms with Crippen molar-refractivity contribution in [2.24, 2.45) is 0 Å². The molecular weight excluding hydrogens is 278 g/mol. The van der Waals surface area contributed by atoms with Gasteiger partial charge in [0.05, 0.1) is 0 Å². The number of ether oxygens (including phenoxy) is 1. The molecule has 0 atom stereocenters. The SMILES string of the molecule is Cc1cc(Br)ccc1OCc1ccccc1N. The summed E-state index contributed by atoms with van der Waals surface area (Å²) >= 11 is 3.43. The van der Waals surface area contributed by atoms with E-state index in [9.17, 15) is 0 Å². The van der Waals surface area contributed by atoms with Crippen molar-refractivity contribution in [1.82, 2.24) is 0 Å². The van der Waals surface area contributed by atoms with Crippen LogP contribution in [-0.4, -0.2) is 0 Å². The number of anilines is 1. The summed E-state index contributed by atoms with van der Waals surface area (Å²) in [6.45, 7) is 2.52. The Morgan fingerprint density at radius 1 is 1.18 bits per heavy atom. The van der Waals surface area contributed by atoms with Crippen molar-refractivity contribution in [3.63, 3.8) is 0 Å². The highest BCUT2D eigenvalue weighted by atomic mass is 79.9. The predicted octanol–water partition coefficient (Wildman–Crippen LogP) is 3.92. The van der Waals surface area contributed by atoms with E-state index in [1.807, 2.05) is 49.4 Å². The van der Waals surface area contributed by atoms with Gasteiger partial charge in [-0.25, -0.2) is 0 Å². The number of benzene rings is 2. The molecule has 2 nitrogen and oxygen atoms in total. The third-order valence-electron chi connectivity index (χ3n) is 2.58. The van der Waals surface area contributed by atoms with Gasteiger partial charge < -0.3 is 10.5 Å². The lowest BCUT2D eigenvalue weighted by molar-refractivity contribution is 0.304. The molecule has 0 aliphatic carbocycles. The minimum absolute atomic E-state index is 0.495. The summed E-state index contributed by atoms with van der Waals surface area (Å²) in [5.74, 6) is 0.886. The standard InChI is InChI=1S/C14H14BrNO/c1-10-8-12(15)6-7-14(10)17-9-11-4-2-3-5-13(11)16/h2-8H,9,16H2,1H3. The number of nitrogen functional groups attached to an aromatic ring is 1. The summed E-state index contributed by atoms with van der Waals surface area (Å²) in [4.78, 5) is 0. The van der Waals surface area contributed by atoms with E-state index in [-0.39, 0.29) is 0 Å². The van der Waals surface area contributed by atoms with Gasteiger partial charge in [-0.1, -0.05) is 34.1 Å². The molecule has 0 bridgehead atoms. The van der Waals surface area contributed by atoms with Crippen molar-refractivity contribution in [2.45, 2.75) is 13.5 Å². The maximum Gasteiger partial charge on any atom is 0.122 e. The van der Waals surface area contributed by atoms with Gasteiger partial charge in [-0.05, 0) is 36.8 Å². The number of aryl methyl sites for hydroxylation is 1. The Morgan fingerprint density at radius 2 is 1.94 bits per heavy atom. The lowest BCUT2D eigenvalue weighted by Gasteiger charge is -2.10. The smallest absolute Gasteiger partial charge is 0.122 e. The van der Waals surface area contributed by atoms with Crippen LogP contribution in [0, 0.1) is 6.92 Å². The summed E-state index contributed by atoms with van der Waals surface area (Å²) in [6.07, 6.45) is 0. The molecule has 88 valence electrons. The van der Waals surface area contributed by atoms with Crippen LogP contribution in [0.15, 0.2) is 46.9 Å². The third kappa shape index (κ3) is 3.01. The molecule has 0 aromatic heterocycles. The molecule has 0 saturated heterocycles. The minimum atomic E-state index is 0.495. The Balaban J connectivity index is 2.10. The summed E-state index contributed by atoms with van der Waals surface area (Å²) in [5, 5.41) is 0. The van der Waals surface area contributed by atoms with E-state index in [1.54, 1.807) is 0 Å². The predicted molar refractivity (Wildman–Crippen MR) is 74.1 cm³/mol. The Kier molecular flexibility index (Phi) is 3.69. The number of rotatable bonds is 3. The lowest BCUT2D eigenvalue weighted by Crippen LogP contribution is -2.00. The third-order valence-corrected chi connectivity index (χ3v) is 3.07. The number of halogens is 1. The van der Waals surface area contributed by atoms with Crippen LogP contribution in [0.1, 0.15) is 11.1 Å². The van der Waals surface area contributed by atoms with Crippen molar-refractivity contribution in [2.75, 3.05) is 5.73 Å². The zero-order chi connectivity index (χ0) is 12.3. The highest BCUT2D eigenvalue weighted by molar-refractivity contribution is 9.10. The van der Waals surface area contributed by atoms with Gasteiger partial charge in [0.1, 0.15) is 12.4 Å². The van der Waals surface area contributed by atoms with Gasteiger partial charge in [-0.15, -0.1) is 0 Å². The lowest BCUT2D eigenvalue weighted by atomic mass is 10.2. The molecular formula is C14H14BrNO. The molecule has 0 fully saturated rings. The first-order chi connectivity index (χ1) is 8.16. The minimum Gasteiger partial charge on any atom is -0.489 e. The molecule has 2 aromatic rings. The van der Waals surface area contributed by atoms with Crippen LogP contribution in [-0.2, 0) is 6.61 Å². The fourth-order valence-corrected chi connectivity index (χ4v) is 2.07. The number of hydrogen-bond acceptors (Lipinski definition) is 2. The monoisotopic (exact) mass is 291 g/mol. The largest absolute Gasteiger partial charge is 0.489 e. The van der Waals surface area contributed by atoms with E-state index in [1.165, 1.54) is 0 Å². The van der Waals surface area contributed by atoms with Crippen LogP contribution in [0.25, 0.3) is 0 Å². The second-order valence-electron chi connectivity index (χ2n) is 3.90. The molecule has 3 heteroatoms. The Labute approximate surface area is 110 Å². The number of hydrogen-bond donors (Lipinski definition) is 1. The van der Waals surface area contributed by atoms with Crippen molar-refractivity contribution in [3.05, 3.63) is 58.1 Å². The normalized spacial score (nSPS) is 10.2. The van der Waals surface area contributed by atoms with Crippen LogP contribution < -0.4 is 10.5 Å². The highest BCUT2D eigenvalue weighted by Gasteiger charge is 2.02. The Morgan fingerprint density at radius 3 is 2.65 bits per heavy atom. The zero-order valence-corrected chi connectivity index (χ0v) is 11.2. The maximum absolute atomic E-state index is 5.86. The number of para-hydroxylation sites is 1. The molecule has 0 aliphatic heterocycles. The maximum atomic E-state index is 5.86. The van der Waals surface area contributed by atoms with Gasteiger partial charge in [-0.2, -0.15) is 0 Å². The van der Waals surface area contributed by atoms with E-state index in [4.69, 9.17) is 10.5 Å². The number of nitrogens with two attached hydrogens (primary N) is 1. The van der Waals surface area contributed by atoms with Gasteiger partial charge >= 0.3 is 0 Å². The van der Waals surface area contributed by atoms with Crippen LogP contribution >= 0.6 is 15.9 Å². The molecule has 0 unspecified atom stereocenters. The van der Waals surface area contributed by atoms with E-state index >= 15 is 0 Å². The first-order valence-corrected chi connectivity index (χ1v) is 6.18. The van der Waals surface area contributed by atoms with Crippen molar-refractivity contribution >= 4 is 21.6 Å². The molecule has 17 heavy (non-hydrogen) atoms. The van der Waals surface area contributed by atoms with E-state index in [2.05, 4.69) is 15.9 Å². The Bertz CT molecular complexity index is 525. The molecule has 0 radical (unpaired) electrons. The van der Waals surface area contributed by atoms with Gasteiger partial charge in [-0.3, -0.25) is 0 Å². The van der Waals surface area contributed by atoms with Gasteiger partial charge in [0.15, 0.2) is 0 Å². The molecule has 0 saturated carbocycles. The quantitative estimate of drug-likeness (QED) is 0.870. The second-order valence-corrected chi connectivity index (χ2v) is 4.81. The average Bonchev–Trinajstić information content (AvgIpc) is 2.30. The van der Waals surface area contributed by atoms with Crippen molar-refractivity contribution in [1.29, 1.82) is 0 Å². The molecule has 0 spiro atoms. The van der Waals surface area contributed by atoms with E-state index in [0.717, 1.165) is 27.0 Å². The summed E-state index contributed by atoms with van der Waals surface area (Å²) in [6, 6.07) is 13.7. The Hall–Kier alpha value is -1.48. The summed E-state index contributed by atoms with van der Waals surface area (Å²) in [7, 11) is 0. The van der Waals surface area contributed by atoms with Gasteiger partial charge in [0.2, 0.25) is 0 Å². The van der Waals surface area contributed by atoms with Crippen LogP contribution in [0.2, 0.25) is 0 Å². The molecule has 0 amide bonds. The van der Waals surface area contributed by atoms with Crippen LogP contribution in [0.3, 0.4) is 0 Å². The van der Waals surface area contributed by atoms with Crippen molar-refractivity contribution in [3.8, 4) is 5.75 Å². The fourth-order valence-electron chi connectivity index (χ4n) is 1.60. The van der Waals surface area contributed by atoms with Gasteiger partial charge in [0, 0.05) is 15.7 Å². The van der Waals surface area contributed by atoms with E-state index < -0.39 is 0 Å². The first-order valence-electron chi connectivity index (χ1n) is 5.39. The van der Waals surface area contributed by atoms with E-state index in [0.29, 0.717) is 6.61 Å². The fraction of sp³-hybridized carbons (Fsp3) is 0.143. The zero-order valence-electron chi connectivity index (χ0n) is 9.61. The highest BCUT2D eigenvalue weighted by Crippen LogP contribution is 2.23. The summed E-state index contributed by atoms with van der Waals surface area (Å²) in [5.41, 5.74) is 8.74.